The number of hydrogen-bond acceptors (Lipinski definition) is 3. The number of halogens is 3. The van der Waals surface area contributed by atoms with Crippen molar-refractivity contribution in [3.63, 3.8) is 0 Å². The Labute approximate surface area is 82.9 Å². The fourth-order valence-electron chi connectivity index (χ4n) is 0.886. The Balaban J connectivity index is 3.45. The Morgan fingerprint density at radius 1 is 1.64 bits per heavy atom. The molecule has 0 unspecified atom stereocenters. The molecular formula is C8H3ClF2N2O. The van der Waals surface area contributed by atoms with Gasteiger partial charge in [-0.25, -0.2) is 13.8 Å². The molecule has 0 saturated carbocycles. The topological polar surface area (TPSA) is 53.8 Å². The van der Waals surface area contributed by atoms with E-state index in [2.05, 4.69) is 4.98 Å². The van der Waals surface area contributed by atoms with Gasteiger partial charge in [0.1, 0.15) is 6.07 Å². The molecule has 0 radical (unpaired) electrons. The van der Waals surface area contributed by atoms with Gasteiger partial charge in [0, 0.05) is 17.3 Å². The van der Waals surface area contributed by atoms with E-state index in [-0.39, 0.29) is 22.6 Å². The minimum absolute atomic E-state index is 0.187. The van der Waals surface area contributed by atoms with Crippen LogP contribution in [0.5, 0.6) is 0 Å². The Bertz CT molecular complexity index is 415. The van der Waals surface area contributed by atoms with Gasteiger partial charge in [-0.2, -0.15) is 5.26 Å². The number of pyridine rings is 1. The maximum absolute atomic E-state index is 12.3. The second-order valence-electron chi connectivity index (χ2n) is 2.32. The molecule has 0 fully saturated rings. The Morgan fingerprint density at radius 2 is 2.29 bits per heavy atom. The lowest BCUT2D eigenvalue weighted by atomic mass is 10.1. The quantitative estimate of drug-likeness (QED) is 0.713. The monoisotopic (exact) mass is 216 g/mol. The van der Waals surface area contributed by atoms with Crippen LogP contribution in [-0.4, -0.2) is 11.3 Å². The molecule has 0 spiro atoms. The normalized spacial score (nSPS) is 9.93. The number of alkyl halides is 2. The van der Waals surface area contributed by atoms with E-state index in [1.807, 2.05) is 0 Å². The minimum Gasteiger partial charge on any atom is -0.298 e. The average molecular weight is 217 g/mol. The van der Waals surface area contributed by atoms with Crippen LogP contribution >= 0.6 is 11.6 Å². The summed E-state index contributed by atoms with van der Waals surface area (Å²) in [5.74, 6) is 0. The number of nitriles is 1. The van der Waals surface area contributed by atoms with E-state index in [1.54, 1.807) is 6.07 Å². The highest BCUT2D eigenvalue weighted by Gasteiger charge is 2.18. The summed E-state index contributed by atoms with van der Waals surface area (Å²) in [6.07, 6.45) is -1.88. The van der Waals surface area contributed by atoms with Crippen molar-refractivity contribution >= 4 is 17.9 Å². The van der Waals surface area contributed by atoms with Crippen molar-refractivity contribution in [1.82, 2.24) is 4.98 Å². The van der Waals surface area contributed by atoms with Gasteiger partial charge >= 0.3 is 0 Å². The molecule has 6 heteroatoms. The number of hydrogen-bond donors (Lipinski definition) is 0. The molecule has 0 amide bonds. The first-order valence-corrected chi connectivity index (χ1v) is 3.81. The molecule has 0 aliphatic rings. The molecule has 0 atom stereocenters. The standard InChI is InChI=1S/C8H3ClF2N2O/c9-7-5(3-14)4(8(10)11)2-13-6(7)1-12/h2-3,8H. The van der Waals surface area contributed by atoms with E-state index in [1.165, 1.54) is 0 Å². The molecule has 0 saturated heterocycles. The molecule has 72 valence electrons. The predicted molar refractivity (Wildman–Crippen MR) is 44.3 cm³/mol. The number of carbonyl (C=O) groups excluding carboxylic acids is 1. The van der Waals surface area contributed by atoms with Crippen LogP contribution in [0.2, 0.25) is 5.02 Å². The summed E-state index contributed by atoms with van der Waals surface area (Å²) >= 11 is 5.51. The van der Waals surface area contributed by atoms with Gasteiger partial charge in [0.2, 0.25) is 0 Å². The zero-order valence-corrected chi connectivity index (χ0v) is 7.42. The van der Waals surface area contributed by atoms with Crippen LogP contribution < -0.4 is 0 Å². The SMILES string of the molecule is N#Cc1ncc(C(F)F)c(C=O)c1Cl. The molecule has 0 bridgehead atoms. The molecule has 14 heavy (non-hydrogen) atoms. The Kier molecular flexibility index (Phi) is 3.10. The van der Waals surface area contributed by atoms with Crippen LogP contribution in [0.15, 0.2) is 6.20 Å². The first-order chi connectivity index (χ1) is 6.61. The van der Waals surface area contributed by atoms with E-state index < -0.39 is 12.0 Å². The Hall–Kier alpha value is -1.54. The van der Waals surface area contributed by atoms with Gasteiger partial charge in [-0.3, -0.25) is 4.79 Å². The smallest absolute Gasteiger partial charge is 0.266 e. The molecule has 3 nitrogen and oxygen atoms in total. The fraction of sp³-hybridized carbons (Fsp3) is 0.125. The van der Waals surface area contributed by atoms with Crippen molar-refractivity contribution in [3.8, 4) is 6.07 Å². The van der Waals surface area contributed by atoms with Crippen LogP contribution in [0.25, 0.3) is 0 Å². The minimum atomic E-state index is -2.84. The summed E-state index contributed by atoms with van der Waals surface area (Å²) in [6.45, 7) is 0. The lowest BCUT2D eigenvalue weighted by molar-refractivity contribution is 0.110. The van der Waals surface area contributed by atoms with Crippen molar-refractivity contribution in [3.05, 3.63) is 28.0 Å². The zero-order valence-electron chi connectivity index (χ0n) is 6.67. The first-order valence-electron chi connectivity index (χ1n) is 3.43. The van der Waals surface area contributed by atoms with E-state index in [0.29, 0.717) is 0 Å². The third-order valence-corrected chi connectivity index (χ3v) is 1.93. The molecule has 1 rings (SSSR count). The van der Waals surface area contributed by atoms with Gasteiger partial charge in [0.25, 0.3) is 6.43 Å². The Morgan fingerprint density at radius 3 is 2.71 bits per heavy atom. The molecule has 1 heterocycles. The van der Waals surface area contributed by atoms with Crippen molar-refractivity contribution in [2.75, 3.05) is 0 Å². The second kappa shape index (κ2) is 4.11. The van der Waals surface area contributed by atoms with Crippen LogP contribution in [0.4, 0.5) is 8.78 Å². The van der Waals surface area contributed by atoms with Crippen LogP contribution in [0.3, 0.4) is 0 Å². The number of rotatable bonds is 2. The average Bonchev–Trinajstić information content (AvgIpc) is 2.17. The molecule has 0 aliphatic carbocycles. The van der Waals surface area contributed by atoms with Crippen molar-refractivity contribution in [2.24, 2.45) is 0 Å². The maximum Gasteiger partial charge on any atom is 0.266 e. The second-order valence-corrected chi connectivity index (χ2v) is 2.70. The molecule has 1 aromatic heterocycles. The van der Waals surface area contributed by atoms with Gasteiger partial charge in [-0.1, -0.05) is 11.6 Å². The zero-order chi connectivity index (χ0) is 10.7. The van der Waals surface area contributed by atoms with Gasteiger partial charge in [0.15, 0.2) is 12.0 Å². The van der Waals surface area contributed by atoms with E-state index in [4.69, 9.17) is 16.9 Å². The highest BCUT2D eigenvalue weighted by atomic mass is 35.5. The highest BCUT2D eigenvalue weighted by Crippen LogP contribution is 2.27. The van der Waals surface area contributed by atoms with Crippen molar-refractivity contribution in [1.29, 1.82) is 5.26 Å². The summed E-state index contributed by atoms with van der Waals surface area (Å²) in [4.78, 5) is 13.9. The summed E-state index contributed by atoms with van der Waals surface area (Å²) in [5, 5.41) is 8.13. The lowest BCUT2D eigenvalue weighted by Gasteiger charge is -2.04. The van der Waals surface area contributed by atoms with Crippen LogP contribution in [-0.2, 0) is 0 Å². The highest BCUT2D eigenvalue weighted by molar-refractivity contribution is 6.34. The summed E-state index contributed by atoms with van der Waals surface area (Å²) in [7, 11) is 0. The lowest BCUT2D eigenvalue weighted by Crippen LogP contribution is -1.99. The number of aldehydes is 1. The van der Waals surface area contributed by atoms with Crippen LogP contribution in [0, 0.1) is 11.3 Å². The molecule has 0 aliphatic heterocycles. The van der Waals surface area contributed by atoms with E-state index >= 15 is 0 Å². The van der Waals surface area contributed by atoms with Gasteiger partial charge in [0.05, 0.1) is 5.02 Å². The van der Waals surface area contributed by atoms with Gasteiger partial charge < -0.3 is 0 Å². The van der Waals surface area contributed by atoms with E-state index in [9.17, 15) is 13.6 Å². The molecular weight excluding hydrogens is 214 g/mol. The maximum atomic E-state index is 12.3. The summed E-state index contributed by atoms with van der Waals surface area (Å²) in [5.41, 5.74) is -1.18. The van der Waals surface area contributed by atoms with Gasteiger partial charge in [-0.15, -0.1) is 0 Å². The number of carbonyl (C=O) groups is 1. The summed E-state index contributed by atoms with van der Waals surface area (Å²) in [6, 6.07) is 1.59. The van der Waals surface area contributed by atoms with Crippen LogP contribution in [0.1, 0.15) is 28.0 Å². The molecule has 0 N–H and O–H groups in total. The first kappa shape index (κ1) is 10.5. The largest absolute Gasteiger partial charge is 0.298 e. The summed E-state index contributed by atoms with van der Waals surface area (Å²) < 4.78 is 24.6. The third-order valence-electron chi connectivity index (χ3n) is 1.55. The molecule has 0 aromatic carbocycles. The number of aromatic nitrogens is 1. The van der Waals surface area contributed by atoms with Gasteiger partial charge in [-0.05, 0) is 0 Å². The van der Waals surface area contributed by atoms with Crippen molar-refractivity contribution < 1.29 is 13.6 Å². The third kappa shape index (κ3) is 1.70. The number of nitrogens with zero attached hydrogens (tertiary/aromatic N) is 2. The fourth-order valence-corrected chi connectivity index (χ4v) is 1.13. The van der Waals surface area contributed by atoms with E-state index in [0.717, 1.165) is 6.20 Å². The van der Waals surface area contributed by atoms with Crippen molar-refractivity contribution in [2.45, 2.75) is 6.43 Å². The predicted octanol–water partition coefficient (Wildman–Crippen LogP) is 2.36. The molecule has 1 aromatic rings.